The van der Waals surface area contributed by atoms with Gasteiger partial charge in [-0.3, -0.25) is 4.79 Å². The number of halogens is 2. The molecule has 0 bridgehead atoms. The van der Waals surface area contributed by atoms with Gasteiger partial charge in [0.2, 0.25) is 0 Å². The van der Waals surface area contributed by atoms with E-state index in [0.29, 0.717) is 16.5 Å². The molecular formula is C22H21BrClN3O2. The van der Waals surface area contributed by atoms with Gasteiger partial charge in [0.1, 0.15) is 10.9 Å². The normalized spacial score (nSPS) is 11.4. The van der Waals surface area contributed by atoms with E-state index >= 15 is 0 Å². The lowest BCUT2D eigenvalue weighted by atomic mass is 10.0. The van der Waals surface area contributed by atoms with E-state index in [4.69, 9.17) is 16.3 Å². The van der Waals surface area contributed by atoms with Gasteiger partial charge in [-0.15, -0.1) is 0 Å². The molecule has 0 fully saturated rings. The van der Waals surface area contributed by atoms with Gasteiger partial charge in [0.05, 0.1) is 11.7 Å². The van der Waals surface area contributed by atoms with Crippen molar-refractivity contribution in [2.45, 2.75) is 26.7 Å². The number of aryl methyl sites for hydroxylation is 1. The Hall–Kier alpha value is -2.44. The van der Waals surface area contributed by atoms with E-state index in [9.17, 15) is 4.79 Å². The molecule has 1 N–H and O–H groups in total. The Morgan fingerprint density at radius 1 is 1.31 bits per heavy atom. The molecule has 0 spiro atoms. The van der Waals surface area contributed by atoms with Gasteiger partial charge in [-0.25, -0.2) is 10.4 Å². The number of benzene rings is 2. The fourth-order valence-corrected chi connectivity index (χ4v) is 3.35. The molecule has 0 saturated carbocycles. The highest BCUT2D eigenvalue weighted by Crippen LogP contribution is 2.32. The number of hydrogen-bond donors (Lipinski definition) is 1. The van der Waals surface area contributed by atoms with E-state index in [-0.39, 0.29) is 18.4 Å². The molecule has 1 heterocycles. The van der Waals surface area contributed by atoms with Gasteiger partial charge in [-0.05, 0) is 48.2 Å². The van der Waals surface area contributed by atoms with Gasteiger partial charge >= 0.3 is 0 Å². The quantitative estimate of drug-likeness (QED) is 0.287. The fraction of sp³-hybridized carbons (Fsp3) is 0.227. The minimum absolute atomic E-state index is 0.137. The Balaban J connectivity index is 1.64. The maximum atomic E-state index is 12.1. The van der Waals surface area contributed by atoms with Gasteiger partial charge in [0.25, 0.3) is 5.91 Å². The highest BCUT2D eigenvalue weighted by molar-refractivity contribution is 9.10. The van der Waals surface area contributed by atoms with Gasteiger partial charge < -0.3 is 4.74 Å². The minimum Gasteiger partial charge on any atom is -0.483 e. The van der Waals surface area contributed by atoms with Crippen LogP contribution in [-0.2, 0) is 4.79 Å². The predicted octanol–water partition coefficient (Wildman–Crippen LogP) is 5.61. The molecule has 29 heavy (non-hydrogen) atoms. The number of para-hydroxylation sites is 1. The molecular weight excluding hydrogens is 454 g/mol. The second-order valence-electron chi connectivity index (χ2n) is 6.94. The zero-order valence-corrected chi connectivity index (χ0v) is 18.7. The Kier molecular flexibility index (Phi) is 6.87. The van der Waals surface area contributed by atoms with Crippen LogP contribution in [0, 0.1) is 6.92 Å². The number of aromatic nitrogens is 1. The highest BCUT2D eigenvalue weighted by Gasteiger charge is 2.12. The number of fused-ring (bicyclic) bond motifs is 1. The third kappa shape index (κ3) is 5.34. The maximum absolute atomic E-state index is 12.1. The van der Waals surface area contributed by atoms with Crippen molar-refractivity contribution in [1.29, 1.82) is 0 Å². The topological polar surface area (TPSA) is 63.6 Å². The molecule has 0 aliphatic rings. The first-order valence-corrected chi connectivity index (χ1v) is 10.3. The number of rotatable bonds is 6. The van der Waals surface area contributed by atoms with Crippen molar-refractivity contribution < 1.29 is 9.53 Å². The van der Waals surface area contributed by atoms with Crippen LogP contribution in [0.5, 0.6) is 5.75 Å². The summed E-state index contributed by atoms with van der Waals surface area (Å²) in [6.45, 7) is 6.00. The summed E-state index contributed by atoms with van der Waals surface area (Å²) in [5.41, 5.74) is 5.97. The molecule has 7 heteroatoms. The summed E-state index contributed by atoms with van der Waals surface area (Å²) in [6.07, 6.45) is 1.48. The predicted molar refractivity (Wildman–Crippen MR) is 121 cm³/mol. The number of nitrogens with zero attached hydrogens (tertiary/aromatic N) is 2. The highest BCUT2D eigenvalue weighted by atomic mass is 79.9. The summed E-state index contributed by atoms with van der Waals surface area (Å²) in [5.74, 6) is 0.605. The van der Waals surface area contributed by atoms with E-state index in [2.05, 4.69) is 45.3 Å². The van der Waals surface area contributed by atoms with Crippen molar-refractivity contribution in [3.8, 4) is 5.75 Å². The Labute approximate surface area is 183 Å². The summed E-state index contributed by atoms with van der Waals surface area (Å²) >= 11 is 9.73. The van der Waals surface area contributed by atoms with Crippen LogP contribution in [-0.4, -0.2) is 23.7 Å². The molecule has 0 atom stereocenters. The largest absolute Gasteiger partial charge is 0.483 e. The molecule has 3 rings (SSSR count). The lowest BCUT2D eigenvalue weighted by Gasteiger charge is -2.15. The number of amides is 1. The second-order valence-corrected chi connectivity index (χ2v) is 8.15. The third-order valence-electron chi connectivity index (χ3n) is 4.37. The molecule has 0 aliphatic carbocycles. The van der Waals surface area contributed by atoms with Crippen molar-refractivity contribution in [1.82, 2.24) is 10.4 Å². The number of hydrogen-bond acceptors (Lipinski definition) is 4. The standard InChI is InChI=1S/C22H21BrClN3O2/c1-13(2)17-10-18(23)14(3)8-20(17)29-12-21(28)27-25-11-16-9-15-6-4-5-7-19(15)26-22(16)24/h4-11,13H,12H2,1-3H3,(H,27,28)/b25-11-. The average Bonchev–Trinajstić information content (AvgIpc) is 2.68. The first-order chi connectivity index (χ1) is 13.8. The van der Waals surface area contributed by atoms with Crippen molar-refractivity contribution in [2.75, 3.05) is 6.61 Å². The van der Waals surface area contributed by atoms with E-state index in [1.54, 1.807) is 0 Å². The van der Waals surface area contributed by atoms with Crippen LogP contribution >= 0.6 is 27.5 Å². The third-order valence-corrected chi connectivity index (χ3v) is 5.53. The molecule has 0 aliphatic heterocycles. The molecule has 1 amide bonds. The molecule has 0 unspecified atom stereocenters. The van der Waals surface area contributed by atoms with Crippen molar-refractivity contribution in [3.05, 3.63) is 68.8 Å². The van der Waals surface area contributed by atoms with Crippen LogP contribution < -0.4 is 10.2 Å². The maximum Gasteiger partial charge on any atom is 0.277 e. The summed E-state index contributed by atoms with van der Waals surface area (Å²) in [4.78, 5) is 16.5. The zero-order chi connectivity index (χ0) is 21.0. The average molecular weight is 475 g/mol. The van der Waals surface area contributed by atoms with Crippen molar-refractivity contribution >= 4 is 50.6 Å². The van der Waals surface area contributed by atoms with Crippen molar-refractivity contribution in [2.24, 2.45) is 5.10 Å². The smallest absolute Gasteiger partial charge is 0.277 e. The number of hydrazone groups is 1. The Morgan fingerprint density at radius 2 is 2.07 bits per heavy atom. The molecule has 0 saturated heterocycles. The number of carbonyl (C=O) groups excluding carboxylic acids is 1. The molecule has 5 nitrogen and oxygen atoms in total. The van der Waals surface area contributed by atoms with Crippen molar-refractivity contribution in [3.63, 3.8) is 0 Å². The summed E-state index contributed by atoms with van der Waals surface area (Å²) in [7, 11) is 0. The lowest BCUT2D eigenvalue weighted by molar-refractivity contribution is -0.123. The van der Waals surface area contributed by atoms with E-state index < -0.39 is 0 Å². The Morgan fingerprint density at radius 3 is 2.83 bits per heavy atom. The molecule has 2 aromatic carbocycles. The summed E-state index contributed by atoms with van der Waals surface area (Å²) in [5, 5.41) is 5.24. The SMILES string of the molecule is Cc1cc(OCC(=O)N/N=C\c2cc3ccccc3nc2Cl)c(C(C)C)cc1Br. The number of pyridine rings is 1. The molecule has 1 aromatic heterocycles. The van der Waals surface area contributed by atoms with E-state index in [1.165, 1.54) is 6.21 Å². The van der Waals surface area contributed by atoms with Crippen LogP contribution in [0.4, 0.5) is 0 Å². The molecule has 150 valence electrons. The second kappa shape index (κ2) is 9.37. The minimum atomic E-state index is -0.360. The van der Waals surface area contributed by atoms with Crippen LogP contribution in [0.25, 0.3) is 10.9 Å². The van der Waals surface area contributed by atoms with Gasteiger partial charge in [-0.1, -0.05) is 59.6 Å². The fourth-order valence-electron chi connectivity index (χ4n) is 2.80. The zero-order valence-electron chi connectivity index (χ0n) is 16.4. The summed E-state index contributed by atoms with van der Waals surface area (Å²) in [6, 6.07) is 13.5. The van der Waals surface area contributed by atoms with Crippen LogP contribution in [0.2, 0.25) is 5.15 Å². The monoisotopic (exact) mass is 473 g/mol. The van der Waals surface area contributed by atoms with Gasteiger partial charge in [0, 0.05) is 15.4 Å². The van der Waals surface area contributed by atoms with E-state index in [0.717, 1.165) is 26.5 Å². The molecule has 3 aromatic rings. The lowest BCUT2D eigenvalue weighted by Crippen LogP contribution is -2.25. The molecule has 0 radical (unpaired) electrons. The number of nitrogens with one attached hydrogen (secondary N) is 1. The summed E-state index contributed by atoms with van der Waals surface area (Å²) < 4.78 is 6.75. The van der Waals surface area contributed by atoms with Crippen LogP contribution in [0.3, 0.4) is 0 Å². The van der Waals surface area contributed by atoms with E-state index in [1.807, 2.05) is 49.4 Å². The number of ether oxygens (including phenoxy) is 1. The first-order valence-electron chi connectivity index (χ1n) is 9.15. The number of carbonyl (C=O) groups is 1. The Bertz CT molecular complexity index is 1080. The van der Waals surface area contributed by atoms with Crippen LogP contribution in [0.15, 0.2) is 52.0 Å². The first kappa shape index (κ1) is 21.3. The van der Waals surface area contributed by atoms with Gasteiger partial charge in [0.15, 0.2) is 6.61 Å². The van der Waals surface area contributed by atoms with Crippen LogP contribution in [0.1, 0.15) is 36.5 Å². The van der Waals surface area contributed by atoms with Gasteiger partial charge in [-0.2, -0.15) is 5.10 Å².